The van der Waals surface area contributed by atoms with E-state index in [1.54, 1.807) is 0 Å². The maximum absolute atomic E-state index is 10.1. The predicted molar refractivity (Wildman–Crippen MR) is 79.5 cm³/mol. The molecule has 0 aromatic carbocycles. The van der Waals surface area contributed by atoms with Crippen molar-refractivity contribution in [2.24, 2.45) is 0 Å². The van der Waals surface area contributed by atoms with Gasteiger partial charge in [-0.15, -0.1) is 11.8 Å². The minimum atomic E-state index is 0.588. The summed E-state index contributed by atoms with van der Waals surface area (Å²) in [6.07, 6.45) is 17.0. The zero-order valence-corrected chi connectivity index (χ0v) is 12.2. The average molecular weight is 250 g/mol. The molecule has 0 radical (unpaired) electrons. The summed E-state index contributed by atoms with van der Waals surface area (Å²) in [7, 11) is 0. The number of unbranched alkanes of at least 4 members (excludes halogenated alkanes) is 11. The molecule has 0 aliphatic carbocycles. The molecule has 0 rings (SSSR count). The number of rotatable bonds is 12. The monoisotopic (exact) mass is 250 g/mol. The molecule has 0 atom stereocenters. The summed E-state index contributed by atoms with van der Waals surface area (Å²) in [6, 6.07) is 0. The third kappa shape index (κ3) is 15.2. The van der Waals surface area contributed by atoms with Gasteiger partial charge in [0.2, 0.25) is 0 Å². The Morgan fingerprint density at radius 1 is 0.722 bits per heavy atom. The van der Waals surface area contributed by atoms with Gasteiger partial charge in [0, 0.05) is 19.3 Å². The van der Waals surface area contributed by atoms with E-state index >= 15 is 0 Å². The van der Waals surface area contributed by atoms with Crippen LogP contribution in [-0.4, -0.2) is 6.29 Å². The van der Waals surface area contributed by atoms with E-state index in [1.165, 1.54) is 64.2 Å². The number of aldehydes is 1. The Morgan fingerprint density at radius 3 is 1.78 bits per heavy atom. The zero-order chi connectivity index (χ0) is 13.3. The van der Waals surface area contributed by atoms with E-state index in [2.05, 4.69) is 18.8 Å². The Bertz CT molecular complexity index is 221. The highest BCUT2D eigenvalue weighted by Gasteiger charge is 1.91. The topological polar surface area (TPSA) is 17.1 Å². The fourth-order valence-electron chi connectivity index (χ4n) is 2.01. The van der Waals surface area contributed by atoms with E-state index in [4.69, 9.17) is 0 Å². The van der Waals surface area contributed by atoms with Crippen LogP contribution in [0, 0.1) is 11.8 Å². The van der Waals surface area contributed by atoms with Crippen LogP contribution in [0.5, 0.6) is 0 Å². The minimum absolute atomic E-state index is 0.588. The summed E-state index contributed by atoms with van der Waals surface area (Å²) in [5, 5.41) is 0. The van der Waals surface area contributed by atoms with Crippen molar-refractivity contribution in [1.29, 1.82) is 0 Å². The van der Waals surface area contributed by atoms with E-state index < -0.39 is 0 Å². The molecule has 104 valence electrons. The molecular weight excluding hydrogens is 220 g/mol. The molecule has 0 spiro atoms. The molecule has 0 heterocycles. The van der Waals surface area contributed by atoms with Gasteiger partial charge in [0.25, 0.3) is 0 Å². The number of carbonyl (C=O) groups excluding carboxylic acids is 1. The van der Waals surface area contributed by atoms with Crippen molar-refractivity contribution >= 4 is 6.29 Å². The molecule has 18 heavy (non-hydrogen) atoms. The van der Waals surface area contributed by atoms with Crippen LogP contribution in [0.25, 0.3) is 0 Å². The normalized spacial score (nSPS) is 9.83. The summed E-state index contributed by atoms with van der Waals surface area (Å²) in [5.74, 6) is 6.17. The van der Waals surface area contributed by atoms with Crippen molar-refractivity contribution in [3.05, 3.63) is 0 Å². The average Bonchev–Trinajstić information content (AvgIpc) is 2.39. The Kier molecular flexibility index (Phi) is 15.5. The molecule has 0 aliphatic heterocycles. The molecule has 0 fully saturated rings. The molecule has 0 aromatic heterocycles. The molecule has 1 nitrogen and oxygen atoms in total. The van der Waals surface area contributed by atoms with Crippen LogP contribution < -0.4 is 0 Å². The van der Waals surface area contributed by atoms with Crippen LogP contribution in [0.15, 0.2) is 0 Å². The lowest BCUT2D eigenvalue weighted by Crippen LogP contribution is -1.81. The fourth-order valence-corrected chi connectivity index (χ4v) is 2.01. The first-order valence-corrected chi connectivity index (χ1v) is 7.81. The van der Waals surface area contributed by atoms with E-state index in [9.17, 15) is 4.79 Å². The van der Waals surface area contributed by atoms with Crippen LogP contribution in [0.3, 0.4) is 0 Å². The Labute approximate surface area is 114 Å². The highest BCUT2D eigenvalue weighted by atomic mass is 16.1. The predicted octanol–water partition coefficient (Wildman–Crippen LogP) is 5.28. The largest absolute Gasteiger partial charge is 0.303 e. The van der Waals surface area contributed by atoms with Gasteiger partial charge in [0.05, 0.1) is 0 Å². The molecule has 1 heteroatoms. The molecule has 0 unspecified atom stereocenters. The molecule has 0 aromatic rings. The molecular formula is C17H30O. The summed E-state index contributed by atoms with van der Waals surface area (Å²) in [4.78, 5) is 10.1. The highest BCUT2D eigenvalue weighted by molar-refractivity contribution is 5.49. The second kappa shape index (κ2) is 16.2. The molecule has 0 bridgehead atoms. The van der Waals surface area contributed by atoms with E-state index in [0.29, 0.717) is 6.42 Å². The van der Waals surface area contributed by atoms with Gasteiger partial charge < -0.3 is 4.79 Å². The number of hydrogen-bond acceptors (Lipinski definition) is 1. The zero-order valence-electron chi connectivity index (χ0n) is 12.2. The lowest BCUT2D eigenvalue weighted by Gasteiger charge is -2.00. The van der Waals surface area contributed by atoms with Gasteiger partial charge in [0.1, 0.15) is 6.29 Å². The first-order valence-electron chi connectivity index (χ1n) is 7.81. The Morgan fingerprint density at radius 2 is 1.22 bits per heavy atom. The molecule has 0 aliphatic rings. The Hall–Kier alpha value is -0.770. The maximum Gasteiger partial charge on any atom is 0.120 e. The minimum Gasteiger partial charge on any atom is -0.303 e. The molecule has 0 saturated heterocycles. The fraction of sp³-hybridized carbons (Fsp3) is 0.824. The molecule has 0 amide bonds. The van der Waals surface area contributed by atoms with Crippen molar-refractivity contribution < 1.29 is 4.79 Å². The van der Waals surface area contributed by atoms with Crippen molar-refractivity contribution in [3.63, 3.8) is 0 Å². The Balaban J connectivity index is 3.02. The third-order valence-corrected chi connectivity index (χ3v) is 3.17. The van der Waals surface area contributed by atoms with Crippen LogP contribution >= 0.6 is 0 Å². The van der Waals surface area contributed by atoms with E-state index in [-0.39, 0.29) is 0 Å². The van der Waals surface area contributed by atoms with Crippen LogP contribution in [0.1, 0.15) is 90.4 Å². The first kappa shape index (κ1) is 17.2. The van der Waals surface area contributed by atoms with E-state index in [0.717, 1.165) is 19.1 Å². The van der Waals surface area contributed by atoms with Gasteiger partial charge in [-0.3, -0.25) is 0 Å². The van der Waals surface area contributed by atoms with Crippen LogP contribution in [0.2, 0.25) is 0 Å². The lowest BCUT2D eigenvalue weighted by molar-refractivity contribution is -0.107. The van der Waals surface area contributed by atoms with Gasteiger partial charge in [0.15, 0.2) is 0 Å². The first-order chi connectivity index (χ1) is 8.91. The summed E-state index contributed by atoms with van der Waals surface area (Å²) >= 11 is 0. The number of carbonyl (C=O) groups is 1. The van der Waals surface area contributed by atoms with Crippen molar-refractivity contribution in [2.45, 2.75) is 90.4 Å². The van der Waals surface area contributed by atoms with Gasteiger partial charge in [-0.25, -0.2) is 0 Å². The smallest absolute Gasteiger partial charge is 0.120 e. The standard InChI is InChI=1S/C17H30O/c1-2-3-4-5-6-7-8-9-10-11-12-13-14-15-16-17-18/h17H,2-12,15-16H2,1H3. The second-order valence-corrected chi connectivity index (χ2v) is 4.99. The van der Waals surface area contributed by atoms with Gasteiger partial charge in [-0.1, -0.05) is 64.7 Å². The summed E-state index contributed by atoms with van der Waals surface area (Å²) < 4.78 is 0. The van der Waals surface area contributed by atoms with E-state index in [1.807, 2.05) is 0 Å². The quantitative estimate of drug-likeness (QED) is 0.262. The molecule has 0 N–H and O–H groups in total. The molecule has 0 saturated carbocycles. The van der Waals surface area contributed by atoms with Gasteiger partial charge in [-0.2, -0.15) is 0 Å². The van der Waals surface area contributed by atoms with Crippen LogP contribution in [-0.2, 0) is 4.79 Å². The van der Waals surface area contributed by atoms with Crippen molar-refractivity contribution in [2.75, 3.05) is 0 Å². The SMILES string of the molecule is CCCCCCCCCCCCC#CCCC=O. The van der Waals surface area contributed by atoms with Crippen LogP contribution in [0.4, 0.5) is 0 Å². The summed E-state index contributed by atoms with van der Waals surface area (Å²) in [6.45, 7) is 2.27. The highest BCUT2D eigenvalue weighted by Crippen LogP contribution is 2.10. The van der Waals surface area contributed by atoms with Gasteiger partial charge >= 0.3 is 0 Å². The summed E-state index contributed by atoms with van der Waals surface area (Å²) in [5.41, 5.74) is 0. The van der Waals surface area contributed by atoms with Crippen molar-refractivity contribution in [1.82, 2.24) is 0 Å². The van der Waals surface area contributed by atoms with Gasteiger partial charge in [-0.05, 0) is 6.42 Å². The maximum atomic E-state index is 10.1. The number of hydrogen-bond donors (Lipinski definition) is 0. The second-order valence-electron chi connectivity index (χ2n) is 4.99. The third-order valence-electron chi connectivity index (χ3n) is 3.17. The van der Waals surface area contributed by atoms with Crippen molar-refractivity contribution in [3.8, 4) is 11.8 Å². The lowest BCUT2D eigenvalue weighted by atomic mass is 10.1.